The minimum Gasteiger partial charge on any atom is -0.435 e. The van der Waals surface area contributed by atoms with Gasteiger partial charge in [0.1, 0.15) is 26.3 Å². The average molecular weight is 401 g/mol. The maximum atomic E-state index is 12.9. The van der Waals surface area contributed by atoms with Crippen LogP contribution >= 0.6 is 11.6 Å². The molecule has 0 fully saturated rings. The number of nitriles is 1. The van der Waals surface area contributed by atoms with E-state index in [-0.39, 0.29) is 17.9 Å². The van der Waals surface area contributed by atoms with Gasteiger partial charge in [0.15, 0.2) is 5.65 Å². The maximum Gasteiger partial charge on any atom is 0.387 e. The van der Waals surface area contributed by atoms with Crippen molar-refractivity contribution < 1.29 is 18.3 Å². The van der Waals surface area contributed by atoms with Crippen LogP contribution in [0.25, 0.3) is 5.65 Å². The Bertz CT molecular complexity index is 1090. The fraction of sp³-hybridized carbons (Fsp3) is 0.278. The first kappa shape index (κ1) is 18.7. The summed E-state index contributed by atoms with van der Waals surface area (Å²) in [4.78, 5) is 8.58. The molecule has 0 N–H and O–H groups in total. The summed E-state index contributed by atoms with van der Waals surface area (Å²) in [5, 5.41) is 9.25. The van der Waals surface area contributed by atoms with Crippen molar-refractivity contribution in [2.45, 2.75) is 25.1 Å². The monoisotopic (exact) mass is 400 g/mol. The van der Waals surface area contributed by atoms with Gasteiger partial charge >= 0.3 is 6.61 Å². The van der Waals surface area contributed by atoms with E-state index in [2.05, 4.69) is 9.97 Å². The third-order valence-corrected chi connectivity index (χ3v) is 4.83. The van der Waals surface area contributed by atoms with Crippen LogP contribution in [0.15, 0.2) is 30.6 Å². The molecule has 0 aliphatic heterocycles. The summed E-state index contributed by atoms with van der Waals surface area (Å²) in [6.45, 7) is -3.10. The molecule has 2 aromatic heterocycles. The third-order valence-electron chi connectivity index (χ3n) is 4.59. The van der Waals surface area contributed by atoms with Crippen LogP contribution in [-0.2, 0) is 4.74 Å². The smallest absolute Gasteiger partial charge is 0.387 e. The Balaban J connectivity index is 1.88. The molecular formula is C18H12BClF2N4O2. The lowest BCUT2D eigenvalue weighted by molar-refractivity contribution is -0.0506. The lowest BCUT2D eigenvalue weighted by Crippen LogP contribution is -2.13. The van der Waals surface area contributed by atoms with Crippen molar-refractivity contribution in [3.63, 3.8) is 0 Å². The van der Waals surface area contributed by atoms with Crippen LogP contribution in [0.4, 0.5) is 8.78 Å². The zero-order valence-corrected chi connectivity index (χ0v) is 15.1. The fourth-order valence-corrected chi connectivity index (χ4v) is 3.76. The average Bonchev–Trinajstić information content (AvgIpc) is 3.18. The van der Waals surface area contributed by atoms with Crippen LogP contribution in [0.3, 0.4) is 0 Å². The van der Waals surface area contributed by atoms with E-state index in [9.17, 15) is 8.78 Å². The summed E-state index contributed by atoms with van der Waals surface area (Å²) in [6.07, 6.45) is 3.03. The molecule has 4 rings (SSSR count). The molecule has 1 aliphatic rings. The Morgan fingerprint density at radius 2 is 2.25 bits per heavy atom. The predicted octanol–water partition coefficient (Wildman–Crippen LogP) is 2.89. The number of benzene rings is 1. The van der Waals surface area contributed by atoms with Gasteiger partial charge in [-0.05, 0) is 24.6 Å². The number of halogens is 3. The van der Waals surface area contributed by atoms with Crippen molar-refractivity contribution >= 4 is 30.7 Å². The molecule has 2 heterocycles. The number of rotatable bonds is 5. The molecular weight excluding hydrogens is 388 g/mol. The number of aromatic nitrogens is 3. The largest absolute Gasteiger partial charge is 0.435 e. The molecule has 3 aromatic rings. The highest BCUT2D eigenvalue weighted by Crippen LogP contribution is 2.48. The maximum absolute atomic E-state index is 12.9. The zero-order chi connectivity index (χ0) is 19.8. The van der Waals surface area contributed by atoms with Gasteiger partial charge in [0, 0.05) is 28.3 Å². The molecule has 6 nitrogen and oxygen atoms in total. The quantitative estimate of drug-likeness (QED) is 0.616. The molecule has 2 atom stereocenters. The standard InChI is InChI=1S/C18H12BClF2N4O2/c19-14-8-26-15(7-24-14)25-16-13(27-4-3-23)6-11(17(16)26)10-5-9(20)1-2-12(10)28-18(21)22/h1-2,5,7-8,11,13,18H,4,6H2. The lowest BCUT2D eigenvalue weighted by atomic mass is 9.95. The number of nitrogens with zero attached hydrogens (tertiary/aromatic N) is 4. The van der Waals surface area contributed by atoms with Gasteiger partial charge in [-0.15, -0.1) is 0 Å². The molecule has 1 aromatic carbocycles. The summed E-state index contributed by atoms with van der Waals surface area (Å²) in [5.41, 5.74) is 2.62. The molecule has 0 bridgehead atoms. The summed E-state index contributed by atoms with van der Waals surface area (Å²) >= 11 is 6.13. The summed E-state index contributed by atoms with van der Waals surface area (Å²) in [5.74, 6) is -0.379. The predicted molar refractivity (Wildman–Crippen MR) is 97.2 cm³/mol. The molecule has 0 amide bonds. The van der Waals surface area contributed by atoms with Crippen molar-refractivity contribution in [1.82, 2.24) is 14.4 Å². The number of hydrogen-bond acceptors (Lipinski definition) is 5. The minimum atomic E-state index is -2.98. The second-order valence-electron chi connectivity index (χ2n) is 6.23. The normalized spacial score (nSPS) is 18.4. The van der Waals surface area contributed by atoms with E-state index < -0.39 is 18.6 Å². The molecule has 10 heteroatoms. The first-order valence-electron chi connectivity index (χ1n) is 8.34. The van der Waals surface area contributed by atoms with Crippen LogP contribution in [0.2, 0.25) is 5.02 Å². The van der Waals surface area contributed by atoms with Gasteiger partial charge < -0.3 is 13.9 Å². The SMILES string of the molecule is [B]c1cn2c3c(nc2cn1)C(OCC#N)CC3c1cc(Cl)ccc1OC(F)F. The van der Waals surface area contributed by atoms with Gasteiger partial charge in [0.25, 0.3) is 0 Å². The van der Waals surface area contributed by atoms with Crippen LogP contribution in [0.5, 0.6) is 5.75 Å². The van der Waals surface area contributed by atoms with Gasteiger partial charge in [-0.3, -0.25) is 4.98 Å². The molecule has 1 aliphatic carbocycles. The summed E-state index contributed by atoms with van der Waals surface area (Å²) in [7, 11) is 5.82. The summed E-state index contributed by atoms with van der Waals surface area (Å²) < 4.78 is 37.9. The minimum absolute atomic E-state index is 0.0215. The molecule has 0 saturated carbocycles. The van der Waals surface area contributed by atoms with Gasteiger partial charge in [-0.1, -0.05) is 11.6 Å². The fourth-order valence-electron chi connectivity index (χ4n) is 3.58. The van der Waals surface area contributed by atoms with E-state index >= 15 is 0 Å². The van der Waals surface area contributed by atoms with Crippen LogP contribution < -0.4 is 10.3 Å². The molecule has 0 saturated heterocycles. The van der Waals surface area contributed by atoms with Gasteiger partial charge in [0.2, 0.25) is 0 Å². The number of fused-ring (bicyclic) bond motifs is 3. The zero-order valence-electron chi connectivity index (χ0n) is 14.3. The van der Waals surface area contributed by atoms with E-state index in [1.165, 1.54) is 18.3 Å². The molecule has 140 valence electrons. The van der Waals surface area contributed by atoms with Gasteiger partial charge in [-0.2, -0.15) is 14.0 Å². The summed E-state index contributed by atoms with van der Waals surface area (Å²) in [6, 6.07) is 6.42. The molecule has 2 radical (unpaired) electrons. The Morgan fingerprint density at radius 1 is 1.43 bits per heavy atom. The number of ether oxygens (including phenoxy) is 2. The van der Waals surface area contributed by atoms with Crippen LogP contribution in [0.1, 0.15) is 35.4 Å². The van der Waals surface area contributed by atoms with E-state index in [4.69, 9.17) is 34.2 Å². The van der Waals surface area contributed by atoms with E-state index in [0.29, 0.717) is 34.0 Å². The number of hydrogen-bond donors (Lipinski definition) is 0. The third kappa shape index (κ3) is 3.30. The first-order chi connectivity index (χ1) is 13.5. The lowest BCUT2D eigenvalue weighted by Gasteiger charge is -2.18. The van der Waals surface area contributed by atoms with Crippen molar-refractivity contribution in [2.24, 2.45) is 0 Å². The Kier molecular flexibility index (Phi) is 4.91. The van der Waals surface area contributed by atoms with Crippen molar-refractivity contribution in [1.29, 1.82) is 5.26 Å². The highest BCUT2D eigenvalue weighted by atomic mass is 35.5. The van der Waals surface area contributed by atoms with Crippen LogP contribution in [-0.4, -0.2) is 35.4 Å². The topological polar surface area (TPSA) is 72.4 Å². The van der Waals surface area contributed by atoms with Gasteiger partial charge in [0.05, 0.1) is 23.7 Å². The van der Waals surface area contributed by atoms with Crippen LogP contribution in [0, 0.1) is 11.3 Å². The van der Waals surface area contributed by atoms with Crippen molar-refractivity contribution in [3.05, 3.63) is 52.6 Å². The van der Waals surface area contributed by atoms with Crippen molar-refractivity contribution in [3.8, 4) is 11.8 Å². The highest BCUT2D eigenvalue weighted by molar-refractivity contribution is 6.30. The Morgan fingerprint density at radius 3 is 3.00 bits per heavy atom. The molecule has 28 heavy (non-hydrogen) atoms. The first-order valence-corrected chi connectivity index (χ1v) is 8.72. The Labute approximate surface area is 165 Å². The second kappa shape index (κ2) is 7.38. The van der Waals surface area contributed by atoms with E-state index in [0.717, 1.165) is 0 Å². The molecule has 2 unspecified atom stereocenters. The van der Waals surface area contributed by atoms with Crippen molar-refractivity contribution in [2.75, 3.05) is 6.61 Å². The second-order valence-corrected chi connectivity index (χ2v) is 6.67. The van der Waals surface area contributed by atoms with E-state index in [1.54, 1.807) is 16.7 Å². The molecule has 0 spiro atoms. The number of imidazole rings is 1. The van der Waals surface area contributed by atoms with E-state index in [1.807, 2.05) is 6.07 Å². The number of alkyl halides is 2. The highest BCUT2D eigenvalue weighted by Gasteiger charge is 2.39. The Hall–Kier alpha value is -2.70. The van der Waals surface area contributed by atoms with Gasteiger partial charge in [-0.25, -0.2) is 4.98 Å².